The van der Waals surface area contributed by atoms with E-state index in [1.54, 1.807) is 24.7 Å². The summed E-state index contributed by atoms with van der Waals surface area (Å²) in [6.07, 6.45) is 1.73. The first-order valence-corrected chi connectivity index (χ1v) is 12.4. The molecule has 40 heavy (non-hydrogen) atoms. The van der Waals surface area contributed by atoms with Crippen molar-refractivity contribution < 1.29 is 33.6 Å². The molecule has 3 unspecified atom stereocenters. The second-order valence-electron chi connectivity index (χ2n) is 9.81. The minimum atomic E-state index is -3.54. The number of carbonyl (C=O) groups excluding carboxylic acids is 1. The zero-order valence-electron chi connectivity index (χ0n) is 20.9. The van der Waals surface area contributed by atoms with Crippen LogP contribution in [0, 0.1) is 11.3 Å². The Labute approximate surface area is 225 Å². The maximum atomic E-state index is 13.4. The Morgan fingerprint density at radius 1 is 1.18 bits per heavy atom. The van der Waals surface area contributed by atoms with Crippen LogP contribution in [-0.4, -0.2) is 58.4 Å². The highest BCUT2D eigenvalue weighted by Gasteiger charge is 2.52. The monoisotopic (exact) mass is 548 g/mol. The Balaban J connectivity index is 1.53. The number of alkyl halides is 2. The van der Waals surface area contributed by atoms with E-state index in [1.165, 1.54) is 22.7 Å². The van der Waals surface area contributed by atoms with Crippen LogP contribution in [0.5, 0.6) is 5.75 Å². The zero-order valence-corrected chi connectivity index (χ0v) is 20.9. The number of pyridine rings is 1. The zero-order chi connectivity index (χ0) is 28.3. The number of hydrogen-bond donors (Lipinski definition) is 3. The first-order valence-electron chi connectivity index (χ1n) is 12.4. The van der Waals surface area contributed by atoms with Crippen molar-refractivity contribution in [2.75, 3.05) is 0 Å². The molecule has 3 N–H and O–H groups in total. The van der Waals surface area contributed by atoms with Gasteiger partial charge in [-0.1, -0.05) is 13.0 Å². The average Bonchev–Trinajstić information content (AvgIpc) is 3.40. The summed E-state index contributed by atoms with van der Waals surface area (Å²) in [6.45, 7) is -1.31. The maximum absolute atomic E-state index is 13.4. The fraction of sp³-hybridized carbons (Fsp3) is 0.296. The van der Waals surface area contributed by atoms with E-state index in [0.29, 0.717) is 27.4 Å². The molecule has 0 saturated heterocycles. The van der Waals surface area contributed by atoms with Crippen molar-refractivity contribution in [3.63, 3.8) is 0 Å². The van der Waals surface area contributed by atoms with Crippen molar-refractivity contribution in [1.82, 2.24) is 24.5 Å². The summed E-state index contributed by atoms with van der Waals surface area (Å²) >= 11 is 0. The fourth-order valence-electron chi connectivity index (χ4n) is 5.68. The Hall–Kier alpha value is -4.51. The normalized spacial score (nSPS) is 18.9. The van der Waals surface area contributed by atoms with Crippen molar-refractivity contribution in [3.05, 3.63) is 77.1 Å². The third-order valence-electron chi connectivity index (χ3n) is 7.38. The van der Waals surface area contributed by atoms with Crippen LogP contribution in [0.4, 0.5) is 8.78 Å². The van der Waals surface area contributed by atoms with E-state index < -0.39 is 30.6 Å². The van der Waals surface area contributed by atoms with Gasteiger partial charge in [-0.05, 0) is 36.2 Å². The molecule has 1 aliphatic heterocycles. The summed E-state index contributed by atoms with van der Waals surface area (Å²) < 4.78 is 33.0. The van der Waals surface area contributed by atoms with E-state index in [9.17, 15) is 28.9 Å². The van der Waals surface area contributed by atoms with E-state index in [4.69, 9.17) is 10.00 Å². The van der Waals surface area contributed by atoms with Gasteiger partial charge < -0.3 is 20.1 Å². The lowest BCUT2D eigenvalue weighted by Crippen LogP contribution is -2.53. The van der Waals surface area contributed by atoms with Gasteiger partial charge in [0.15, 0.2) is 0 Å². The number of ether oxygens (including phenoxy) is 1. The molecule has 6 rings (SSSR count). The average molecular weight is 549 g/mol. The minimum Gasteiger partial charge on any atom is -0.434 e. The first-order chi connectivity index (χ1) is 19.1. The van der Waals surface area contributed by atoms with Gasteiger partial charge in [0.05, 0.1) is 23.3 Å². The Bertz CT molecular complexity index is 1680. The number of carbonyl (C=O) groups is 1. The molecule has 204 valence electrons. The summed E-state index contributed by atoms with van der Waals surface area (Å²) in [5.41, 5.74) is 2.87. The molecule has 0 fully saturated rings. The van der Waals surface area contributed by atoms with E-state index in [1.807, 2.05) is 13.0 Å². The van der Waals surface area contributed by atoms with Gasteiger partial charge in [-0.3, -0.25) is 9.69 Å². The lowest BCUT2D eigenvalue weighted by molar-refractivity contribution is -0.385. The Morgan fingerprint density at radius 3 is 2.60 bits per heavy atom. The maximum Gasteiger partial charge on any atom is 0.387 e. The minimum absolute atomic E-state index is 0.0404. The van der Waals surface area contributed by atoms with E-state index in [2.05, 4.69) is 21.1 Å². The highest BCUT2D eigenvalue weighted by Crippen LogP contribution is 2.54. The van der Waals surface area contributed by atoms with Crippen molar-refractivity contribution >= 4 is 11.4 Å². The van der Waals surface area contributed by atoms with Gasteiger partial charge in [0.2, 0.25) is 0 Å². The summed E-state index contributed by atoms with van der Waals surface area (Å²) in [5, 5.41) is 44.1. The molecule has 13 heteroatoms. The van der Waals surface area contributed by atoms with Gasteiger partial charge in [0.1, 0.15) is 11.6 Å². The first kappa shape index (κ1) is 25.8. The van der Waals surface area contributed by atoms with Crippen molar-refractivity contribution in [3.8, 4) is 22.9 Å². The second-order valence-corrected chi connectivity index (χ2v) is 9.81. The van der Waals surface area contributed by atoms with Crippen LogP contribution in [0.15, 0.2) is 48.9 Å². The number of nitrogens with zero attached hydrogens (tertiary/aromatic N) is 6. The van der Waals surface area contributed by atoms with Crippen molar-refractivity contribution in [2.24, 2.45) is 0 Å². The van der Waals surface area contributed by atoms with Gasteiger partial charge in [-0.25, -0.2) is 14.5 Å². The molecule has 1 amide bonds. The van der Waals surface area contributed by atoms with E-state index in [0.717, 1.165) is 5.56 Å². The molecule has 0 radical (unpaired) electrons. The Kier molecular flexibility index (Phi) is 5.99. The van der Waals surface area contributed by atoms with E-state index in [-0.39, 0.29) is 41.3 Å². The summed E-state index contributed by atoms with van der Waals surface area (Å²) in [5.74, 6) is -1.49. The third kappa shape index (κ3) is 4.04. The quantitative estimate of drug-likeness (QED) is 0.308. The largest absolute Gasteiger partial charge is 0.434 e. The third-order valence-corrected chi connectivity index (χ3v) is 7.38. The highest BCUT2D eigenvalue weighted by atomic mass is 19.3. The SMILES string of the molecule is CC(CC#N)c1ncc(-c2ccn3nc4c(c3c2)C2CC4N(C(O)(O)O)C(=O)c3cccc(OC(F)F)c32)cn1. The molecule has 4 aromatic rings. The number of hydrogen-bond acceptors (Lipinski definition) is 9. The number of halogens is 2. The fourth-order valence-corrected chi connectivity index (χ4v) is 5.68. The molecular weight excluding hydrogens is 526 g/mol. The molecule has 4 heterocycles. The molecular formula is C27H22F2N6O5. The Morgan fingerprint density at radius 2 is 1.93 bits per heavy atom. The predicted molar refractivity (Wildman–Crippen MR) is 133 cm³/mol. The molecule has 3 aromatic heterocycles. The van der Waals surface area contributed by atoms with Gasteiger partial charge in [0, 0.05) is 59.1 Å². The van der Waals surface area contributed by atoms with Gasteiger partial charge in [-0.15, -0.1) is 0 Å². The lowest BCUT2D eigenvalue weighted by Gasteiger charge is -2.34. The standard InChI is InChI=1S/C27H22F2N6O5/c1-13(5-7-30)24-31-11-15(12-32-24)14-6-8-34-18(9-14)22-17-10-19(23(22)33-34)35(27(37,38)39)25(36)16-3-2-4-20(21(16)17)40-26(28)29/h2-4,6,8-9,11-13,17,19,26,37-39H,5,10H2,1H3. The second kappa shape index (κ2) is 9.30. The number of aliphatic hydroxyl groups is 3. The molecule has 0 spiro atoms. The van der Waals surface area contributed by atoms with Crippen LogP contribution in [0.25, 0.3) is 16.6 Å². The van der Waals surface area contributed by atoms with Crippen LogP contribution < -0.4 is 4.74 Å². The van der Waals surface area contributed by atoms with Gasteiger partial charge in [0.25, 0.3) is 5.91 Å². The van der Waals surface area contributed by atoms with Crippen LogP contribution in [0.1, 0.15) is 70.6 Å². The topological polar surface area (TPSA) is 157 Å². The summed E-state index contributed by atoms with van der Waals surface area (Å²) in [6, 6.07) is 8.62. The lowest BCUT2D eigenvalue weighted by atomic mass is 9.88. The molecule has 0 saturated carbocycles. The molecule has 2 bridgehead atoms. The van der Waals surface area contributed by atoms with Gasteiger partial charge >= 0.3 is 12.7 Å². The predicted octanol–water partition coefficient (Wildman–Crippen LogP) is 3.03. The van der Waals surface area contributed by atoms with Crippen LogP contribution >= 0.6 is 0 Å². The number of amides is 1. The van der Waals surface area contributed by atoms with Crippen LogP contribution in [0.2, 0.25) is 0 Å². The van der Waals surface area contributed by atoms with Crippen molar-refractivity contribution in [2.45, 2.75) is 50.4 Å². The molecule has 2 aliphatic rings. The van der Waals surface area contributed by atoms with Crippen molar-refractivity contribution in [1.29, 1.82) is 5.26 Å². The van der Waals surface area contributed by atoms with E-state index >= 15 is 0 Å². The number of fused-ring (bicyclic) bond motifs is 9. The number of aromatic nitrogens is 4. The van der Waals surface area contributed by atoms with Crippen LogP contribution in [0.3, 0.4) is 0 Å². The van der Waals surface area contributed by atoms with Crippen LogP contribution in [-0.2, 0) is 0 Å². The molecule has 11 nitrogen and oxygen atoms in total. The molecule has 1 aromatic carbocycles. The summed E-state index contributed by atoms with van der Waals surface area (Å²) in [7, 11) is 0. The molecule has 3 atom stereocenters. The smallest absolute Gasteiger partial charge is 0.387 e. The number of benzene rings is 1. The van der Waals surface area contributed by atoms with Gasteiger partial charge in [-0.2, -0.15) is 19.1 Å². The number of nitriles is 1. The summed E-state index contributed by atoms with van der Waals surface area (Å²) in [4.78, 5) is 22.7. The highest BCUT2D eigenvalue weighted by molar-refractivity contribution is 5.98. The number of rotatable bonds is 6. The molecule has 1 aliphatic carbocycles.